The maximum absolute atomic E-state index is 13.1. The second-order valence-electron chi connectivity index (χ2n) is 30.8. The van der Waals surface area contributed by atoms with E-state index in [4.69, 9.17) is 37.0 Å². The molecule has 0 heterocycles. The molecule has 3 unspecified atom stereocenters. The highest BCUT2D eigenvalue weighted by atomic mass is 31.2. The van der Waals surface area contributed by atoms with Crippen LogP contribution in [0.5, 0.6) is 0 Å². The lowest BCUT2D eigenvalue weighted by molar-refractivity contribution is -0.161. The van der Waals surface area contributed by atoms with Gasteiger partial charge in [0.05, 0.1) is 26.4 Å². The van der Waals surface area contributed by atoms with Gasteiger partial charge in [-0.15, -0.1) is 0 Å². The minimum Gasteiger partial charge on any atom is -0.462 e. The number of carbonyl (C=O) groups is 4. The average molecular weight is 1470 g/mol. The molecule has 0 saturated carbocycles. The molecular formula is C81H158O17P2. The van der Waals surface area contributed by atoms with Crippen LogP contribution < -0.4 is 0 Å². The van der Waals surface area contributed by atoms with E-state index in [1.54, 1.807) is 0 Å². The van der Waals surface area contributed by atoms with Crippen molar-refractivity contribution in [3.8, 4) is 0 Å². The van der Waals surface area contributed by atoms with Gasteiger partial charge in [0.2, 0.25) is 0 Å². The normalized spacial score (nSPS) is 14.3. The monoisotopic (exact) mass is 1470 g/mol. The molecule has 0 spiro atoms. The Morgan fingerprint density at radius 1 is 0.280 bits per heavy atom. The van der Waals surface area contributed by atoms with E-state index >= 15 is 0 Å². The molecule has 3 N–H and O–H groups in total. The van der Waals surface area contributed by atoms with Gasteiger partial charge in [-0.05, 0) is 49.4 Å². The largest absolute Gasteiger partial charge is 0.472 e. The van der Waals surface area contributed by atoms with Crippen LogP contribution in [-0.4, -0.2) is 96.7 Å². The van der Waals surface area contributed by atoms with Crippen molar-refractivity contribution in [2.24, 2.45) is 23.7 Å². The number of hydrogen-bond acceptors (Lipinski definition) is 15. The van der Waals surface area contributed by atoms with Crippen molar-refractivity contribution >= 4 is 39.5 Å². The van der Waals surface area contributed by atoms with Gasteiger partial charge >= 0.3 is 39.5 Å². The third kappa shape index (κ3) is 73.0. The minimum atomic E-state index is -4.96. The fourth-order valence-electron chi connectivity index (χ4n) is 12.4. The lowest BCUT2D eigenvalue weighted by Crippen LogP contribution is -2.30. The number of hydrogen-bond donors (Lipinski definition) is 3. The van der Waals surface area contributed by atoms with Crippen molar-refractivity contribution in [1.29, 1.82) is 0 Å². The van der Waals surface area contributed by atoms with E-state index in [1.807, 2.05) is 0 Å². The molecule has 594 valence electrons. The summed E-state index contributed by atoms with van der Waals surface area (Å²) < 4.78 is 68.6. The minimum absolute atomic E-state index is 0.104. The molecule has 0 aromatic rings. The van der Waals surface area contributed by atoms with Crippen LogP contribution >= 0.6 is 15.6 Å². The Hall–Kier alpha value is -1.94. The van der Waals surface area contributed by atoms with Crippen molar-refractivity contribution in [2.75, 3.05) is 39.6 Å². The zero-order chi connectivity index (χ0) is 73.8. The Balaban J connectivity index is 5.21. The molecule has 0 aliphatic rings. The van der Waals surface area contributed by atoms with Gasteiger partial charge in [-0.3, -0.25) is 37.3 Å². The molecule has 0 amide bonds. The smallest absolute Gasteiger partial charge is 0.462 e. The lowest BCUT2D eigenvalue weighted by atomic mass is 9.99. The van der Waals surface area contributed by atoms with Crippen molar-refractivity contribution in [3.63, 3.8) is 0 Å². The number of phosphoric ester groups is 2. The third-order valence-corrected chi connectivity index (χ3v) is 21.1. The molecule has 6 atom stereocenters. The zero-order valence-corrected chi connectivity index (χ0v) is 67.6. The van der Waals surface area contributed by atoms with E-state index in [0.29, 0.717) is 31.6 Å². The SMILES string of the molecule is CCC(C)CCCCCCCCCCCCCCCCC(=O)OC[C@H](COP(=O)(O)OC[C@@H](O)COP(=O)(O)OC[C@@H](COC(=O)CCCCCCCCC(C)C)OC(=O)CCCCCCCCCCCC(C)C)OC(=O)CCCCCCCCCCCCCCCCCCCCC(C)C. The average Bonchev–Trinajstić information content (AvgIpc) is 0.937. The van der Waals surface area contributed by atoms with Crippen molar-refractivity contribution in [2.45, 2.75) is 433 Å². The van der Waals surface area contributed by atoms with Crippen molar-refractivity contribution in [1.82, 2.24) is 0 Å². The molecule has 0 fully saturated rings. The summed E-state index contributed by atoms with van der Waals surface area (Å²) in [4.78, 5) is 72.9. The Kier molecular flexibility index (Phi) is 68.7. The van der Waals surface area contributed by atoms with Gasteiger partial charge < -0.3 is 33.8 Å². The Bertz CT molecular complexity index is 1960. The van der Waals surface area contributed by atoms with E-state index < -0.39 is 97.5 Å². The molecule has 0 saturated heterocycles. The number of aliphatic hydroxyl groups excluding tert-OH is 1. The summed E-state index contributed by atoms with van der Waals surface area (Å²) >= 11 is 0. The highest BCUT2D eigenvalue weighted by Gasteiger charge is 2.30. The predicted molar refractivity (Wildman–Crippen MR) is 409 cm³/mol. The summed E-state index contributed by atoms with van der Waals surface area (Å²) in [6.07, 6.45) is 57.1. The molecule has 100 heavy (non-hydrogen) atoms. The Labute approximate surface area is 613 Å². The number of phosphoric acid groups is 2. The third-order valence-electron chi connectivity index (χ3n) is 19.2. The quantitative estimate of drug-likeness (QED) is 0.0222. The van der Waals surface area contributed by atoms with Gasteiger partial charge in [0.1, 0.15) is 19.3 Å². The van der Waals surface area contributed by atoms with E-state index in [-0.39, 0.29) is 25.7 Å². The fourth-order valence-corrected chi connectivity index (χ4v) is 14.0. The van der Waals surface area contributed by atoms with Gasteiger partial charge in [-0.25, -0.2) is 9.13 Å². The Morgan fingerprint density at radius 3 is 0.710 bits per heavy atom. The summed E-state index contributed by atoms with van der Waals surface area (Å²) in [6, 6.07) is 0. The van der Waals surface area contributed by atoms with Gasteiger partial charge in [-0.2, -0.15) is 0 Å². The molecule has 0 aromatic heterocycles. The number of esters is 4. The van der Waals surface area contributed by atoms with E-state index in [9.17, 15) is 43.2 Å². The number of rotatable bonds is 78. The predicted octanol–water partition coefficient (Wildman–Crippen LogP) is 24.0. The van der Waals surface area contributed by atoms with E-state index in [0.717, 1.165) is 114 Å². The Morgan fingerprint density at radius 2 is 0.480 bits per heavy atom. The van der Waals surface area contributed by atoms with Crippen LogP contribution in [0, 0.1) is 23.7 Å². The van der Waals surface area contributed by atoms with Crippen LogP contribution in [0.4, 0.5) is 0 Å². The molecule has 0 aromatic carbocycles. The number of ether oxygens (including phenoxy) is 4. The number of carbonyl (C=O) groups excluding carboxylic acids is 4. The highest BCUT2D eigenvalue weighted by molar-refractivity contribution is 7.47. The zero-order valence-electron chi connectivity index (χ0n) is 65.8. The first kappa shape index (κ1) is 98.1. The van der Waals surface area contributed by atoms with Crippen molar-refractivity contribution < 1.29 is 80.2 Å². The van der Waals surface area contributed by atoms with Crippen LogP contribution in [0.2, 0.25) is 0 Å². The molecular weight excluding hydrogens is 1310 g/mol. The summed E-state index contributed by atoms with van der Waals surface area (Å²) in [7, 11) is -9.92. The maximum atomic E-state index is 13.1. The topological polar surface area (TPSA) is 237 Å². The second kappa shape index (κ2) is 70.1. The van der Waals surface area contributed by atoms with Gasteiger partial charge in [0, 0.05) is 25.7 Å². The molecule has 0 bridgehead atoms. The summed E-state index contributed by atoms with van der Waals surface area (Å²) in [5.41, 5.74) is 0. The number of aliphatic hydroxyl groups is 1. The molecule has 0 rings (SSSR count). The lowest BCUT2D eigenvalue weighted by Gasteiger charge is -2.21. The van der Waals surface area contributed by atoms with Crippen molar-refractivity contribution in [3.05, 3.63) is 0 Å². The first-order valence-corrected chi connectivity index (χ1v) is 44.7. The van der Waals surface area contributed by atoms with Crippen LogP contribution in [-0.2, 0) is 65.4 Å². The van der Waals surface area contributed by atoms with Crippen LogP contribution in [0.25, 0.3) is 0 Å². The first-order valence-electron chi connectivity index (χ1n) is 41.7. The number of unbranched alkanes of at least 4 members (excludes halogenated alkanes) is 43. The van der Waals surface area contributed by atoms with Gasteiger partial charge in [0.25, 0.3) is 0 Å². The fraction of sp³-hybridized carbons (Fsp3) is 0.951. The second-order valence-corrected chi connectivity index (χ2v) is 33.7. The van der Waals surface area contributed by atoms with Crippen LogP contribution in [0.3, 0.4) is 0 Å². The maximum Gasteiger partial charge on any atom is 0.472 e. The van der Waals surface area contributed by atoms with Gasteiger partial charge in [0.15, 0.2) is 12.2 Å². The highest BCUT2D eigenvalue weighted by Crippen LogP contribution is 2.45. The molecule has 0 aliphatic heterocycles. The molecule has 0 aliphatic carbocycles. The standard InChI is InChI=1S/C81H158O17P2/c1-9-74(8)60-52-44-35-29-23-19-16-17-20-24-30-36-45-53-61-78(83)91-67-76(97-80(85)63-55-47-37-31-25-21-15-13-11-10-12-14-18-22-27-33-41-49-57-71(2)3)69-95-99(87,88)93-65-75(82)66-94-100(89,90)96-70-77(68-92-79(84)62-54-46-40-39-43-51-59-73(6)7)98-81(86)64-56-48-38-32-26-28-34-42-50-58-72(4)5/h71-77,82H,9-70H2,1-8H3,(H,87,88)(H,89,90)/t74?,75-,76-,77-/m1/s1. The summed E-state index contributed by atoms with van der Waals surface area (Å²) in [6.45, 7) is 14.2. The molecule has 17 nitrogen and oxygen atoms in total. The molecule has 0 radical (unpaired) electrons. The summed E-state index contributed by atoms with van der Waals surface area (Å²) in [5, 5.41) is 10.6. The van der Waals surface area contributed by atoms with E-state index in [2.05, 4.69) is 55.4 Å². The van der Waals surface area contributed by atoms with E-state index in [1.165, 1.54) is 212 Å². The summed E-state index contributed by atoms with van der Waals surface area (Å²) in [5.74, 6) is 0.969. The van der Waals surface area contributed by atoms with Crippen LogP contribution in [0.15, 0.2) is 0 Å². The van der Waals surface area contributed by atoms with Gasteiger partial charge in [-0.1, -0.05) is 364 Å². The molecule has 19 heteroatoms. The first-order chi connectivity index (χ1) is 48.1. The van der Waals surface area contributed by atoms with Crippen LogP contribution in [0.1, 0.15) is 415 Å².